The molecule has 0 bridgehead atoms. The highest BCUT2D eigenvalue weighted by molar-refractivity contribution is 7.89. The molecule has 1 atom stereocenters. The number of benzene rings is 1. The van der Waals surface area contributed by atoms with Gasteiger partial charge in [0, 0.05) is 6.54 Å². The van der Waals surface area contributed by atoms with Crippen LogP contribution in [0.3, 0.4) is 0 Å². The van der Waals surface area contributed by atoms with Gasteiger partial charge in [-0.05, 0) is 31.2 Å². The van der Waals surface area contributed by atoms with Gasteiger partial charge in [-0.25, -0.2) is 13.1 Å². The van der Waals surface area contributed by atoms with Crippen LogP contribution in [0, 0.1) is 0 Å². The maximum Gasteiger partial charge on any atom is 0.306 e. The van der Waals surface area contributed by atoms with Gasteiger partial charge in [0.2, 0.25) is 10.0 Å². The fourth-order valence-electron chi connectivity index (χ4n) is 1.28. The third-order valence-electron chi connectivity index (χ3n) is 2.29. The number of aliphatic carboxylic acids is 1. The number of ether oxygens (including phenoxy) is 1. The van der Waals surface area contributed by atoms with E-state index >= 15 is 0 Å². The van der Waals surface area contributed by atoms with E-state index < -0.39 is 22.1 Å². The molecule has 0 aromatic heterocycles. The number of carbonyl (C=O) groups is 1. The van der Waals surface area contributed by atoms with E-state index in [1.807, 2.05) is 0 Å². The average Bonchev–Trinajstić information content (AvgIpc) is 2.37. The minimum atomic E-state index is -3.67. The van der Waals surface area contributed by atoms with Crippen molar-refractivity contribution in [2.45, 2.75) is 24.3 Å². The molecule has 0 aliphatic carbocycles. The molecule has 3 N–H and O–H groups in total. The van der Waals surface area contributed by atoms with Gasteiger partial charge >= 0.3 is 5.97 Å². The Balaban J connectivity index is 2.63. The van der Waals surface area contributed by atoms with Gasteiger partial charge in [-0.1, -0.05) is 0 Å². The number of hydrogen-bond donors (Lipinski definition) is 3. The molecule has 0 fully saturated rings. The fraction of sp³-hybridized carbons (Fsp3) is 0.417. The van der Waals surface area contributed by atoms with Crippen LogP contribution in [0.4, 0.5) is 0 Å². The Kier molecular flexibility index (Phi) is 5.93. The lowest BCUT2D eigenvalue weighted by molar-refractivity contribution is -0.137. The van der Waals surface area contributed by atoms with E-state index in [2.05, 4.69) is 4.72 Å². The highest BCUT2D eigenvalue weighted by Crippen LogP contribution is 2.16. The van der Waals surface area contributed by atoms with Gasteiger partial charge in [0.25, 0.3) is 0 Å². The Bertz CT molecular complexity index is 538. The molecule has 0 unspecified atom stereocenters. The monoisotopic (exact) mass is 303 g/mol. The second-order valence-corrected chi connectivity index (χ2v) is 5.93. The van der Waals surface area contributed by atoms with Crippen LogP contribution in [0.5, 0.6) is 5.75 Å². The average molecular weight is 303 g/mol. The summed E-state index contributed by atoms with van der Waals surface area (Å²) in [5, 5.41) is 17.5. The standard InChI is InChI=1S/C12H17NO6S/c1-9(14)8-13-20(17,18)11-4-2-10(3-5-11)19-7-6-12(15)16/h2-5,9,13-14H,6-8H2,1H3,(H,15,16)/t9-/m0/s1. The first-order valence-corrected chi connectivity index (χ1v) is 7.42. The molecular weight excluding hydrogens is 286 g/mol. The highest BCUT2D eigenvalue weighted by atomic mass is 32.2. The number of aliphatic hydroxyl groups is 1. The summed E-state index contributed by atoms with van der Waals surface area (Å²) < 4.78 is 31.0. The van der Waals surface area contributed by atoms with Crippen molar-refractivity contribution in [3.05, 3.63) is 24.3 Å². The molecule has 112 valence electrons. The van der Waals surface area contributed by atoms with E-state index in [-0.39, 0.29) is 24.5 Å². The van der Waals surface area contributed by atoms with E-state index in [1.165, 1.54) is 31.2 Å². The zero-order chi connectivity index (χ0) is 15.2. The van der Waals surface area contributed by atoms with Crippen LogP contribution in [-0.2, 0) is 14.8 Å². The van der Waals surface area contributed by atoms with Crippen LogP contribution in [0.2, 0.25) is 0 Å². The molecule has 20 heavy (non-hydrogen) atoms. The lowest BCUT2D eigenvalue weighted by atomic mass is 10.3. The van der Waals surface area contributed by atoms with Crippen molar-refractivity contribution in [1.29, 1.82) is 0 Å². The van der Waals surface area contributed by atoms with Gasteiger partial charge in [-0.3, -0.25) is 4.79 Å². The largest absolute Gasteiger partial charge is 0.493 e. The zero-order valence-electron chi connectivity index (χ0n) is 10.9. The summed E-state index contributed by atoms with van der Waals surface area (Å²) in [6.45, 7) is 1.42. The molecule has 7 nitrogen and oxygen atoms in total. The van der Waals surface area contributed by atoms with Crippen LogP contribution < -0.4 is 9.46 Å². The van der Waals surface area contributed by atoms with Gasteiger partial charge in [0.15, 0.2) is 0 Å². The number of sulfonamides is 1. The maximum absolute atomic E-state index is 11.8. The second-order valence-electron chi connectivity index (χ2n) is 4.16. The third kappa shape index (κ3) is 5.55. The first-order valence-electron chi connectivity index (χ1n) is 5.93. The molecule has 1 aromatic rings. The van der Waals surface area contributed by atoms with Crippen LogP contribution in [-0.4, -0.2) is 43.9 Å². The highest BCUT2D eigenvalue weighted by Gasteiger charge is 2.14. The first kappa shape index (κ1) is 16.4. The molecule has 0 saturated carbocycles. The summed E-state index contributed by atoms with van der Waals surface area (Å²) in [6.07, 6.45) is -0.904. The molecule has 1 rings (SSSR count). The lowest BCUT2D eigenvalue weighted by Crippen LogP contribution is -2.30. The van der Waals surface area contributed by atoms with Gasteiger partial charge in [-0.2, -0.15) is 0 Å². The van der Waals surface area contributed by atoms with Crippen molar-refractivity contribution in [3.63, 3.8) is 0 Å². The number of aliphatic hydroxyl groups excluding tert-OH is 1. The second kappa shape index (κ2) is 7.22. The van der Waals surface area contributed by atoms with Gasteiger partial charge < -0.3 is 14.9 Å². The van der Waals surface area contributed by atoms with Crippen LogP contribution in [0.25, 0.3) is 0 Å². The molecule has 8 heteroatoms. The van der Waals surface area contributed by atoms with Gasteiger partial charge in [-0.15, -0.1) is 0 Å². The maximum atomic E-state index is 11.8. The van der Waals surface area contributed by atoms with Crippen molar-refractivity contribution >= 4 is 16.0 Å². The first-order chi connectivity index (χ1) is 9.31. The van der Waals surface area contributed by atoms with Crippen molar-refractivity contribution in [3.8, 4) is 5.75 Å². The molecule has 0 aliphatic rings. The summed E-state index contributed by atoms with van der Waals surface area (Å²) in [5.41, 5.74) is 0. The van der Waals surface area contributed by atoms with Gasteiger partial charge in [0.05, 0.1) is 24.0 Å². The van der Waals surface area contributed by atoms with E-state index in [9.17, 15) is 13.2 Å². The predicted molar refractivity (Wildman–Crippen MR) is 71.1 cm³/mol. The predicted octanol–water partition coefficient (Wildman–Crippen LogP) is 0.199. The van der Waals surface area contributed by atoms with Crippen LogP contribution in [0.15, 0.2) is 29.2 Å². The van der Waals surface area contributed by atoms with E-state index in [4.69, 9.17) is 14.9 Å². The molecular formula is C12H17NO6S. The van der Waals surface area contributed by atoms with Crippen molar-refractivity contribution < 1.29 is 28.2 Å². The van der Waals surface area contributed by atoms with E-state index in [1.54, 1.807) is 0 Å². The van der Waals surface area contributed by atoms with Crippen molar-refractivity contribution in [1.82, 2.24) is 4.72 Å². The molecule has 0 aliphatic heterocycles. The Morgan fingerprint density at radius 3 is 2.45 bits per heavy atom. The Morgan fingerprint density at radius 2 is 1.95 bits per heavy atom. The Morgan fingerprint density at radius 1 is 1.35 bits per heavy atom. The summed E-state index contributed by atoms with van der Waals surface area (Å²) >= 11 is 0. The lowest BCUT2D eigenvalue weighted by Gasteiger charge is -2.09. The van der Waals surface area contributed by atoms with Crippen molar-refractivity contribution in [2.75, 3.05) is 13.2 Å². The van der Waals surface area contributed by atoms with Crippen molar-refractivity contribution in [2.24, 2.45) is 0 Å². The fourth-order valence-corrected chi connectivity index (χ4v) is 2.41. The van der Waals surface area contributed by atoms with E-state index in [0.29, 0.717) is 5.75 Å². The third-order valence-corrected chi connectivity index (χ3v) is 3.73. The normalized spacial score (nSPS) is 12.9. The topological polar surface area (TPSA) is 113 Å². The number of carboxylic acid groups (broad SMARTS) is 1. The quantitative estimate of drug-likeness (QED) is 0.632. The Hall–Kier alpha value is -1.64. The smallest absolute Gasteiger partial charge is 0.306 e. The summed E-state index contributed by atoms with van der Waals surface area (Å²) in [4.78, 5) is 10.4. The van der Waals surface area contributed by atoms with Crippen LogP contribution >= 0.6 is 0 Å². The minimum absolute atomic E-state index is 0.0156. The Labute approximate surface area is 117 Å². The molecule has 0 amide bonds. The van der Waals surface area contributed by atoms with Gasteiger partial charge in [0.1, 0.15) is 5.75 Å². The molecule has 0 heterocycles. The molecule has 1 aromatic carbocycles. The summed E-state index contributed by atoms with van der Waals surface area (Å²) in [6, 6.07) is 5.58. The minimum Gasteiger partial charge on any atom is -0.493 e. The van der Waals surface area contributed by atoms with Crippen LogP contribution in [0.1, 0.15) is 13.3 Å². The van der Waals surface area contributed by atoms with E-state index in [0.717, 1.165) is 0 Å². The molecule has 0 spiro atoms. The number of rotatable bonds is 8. The zero-order valence-corrected chi connectivity index (χ0v) is 11.8. The number of hydrogen-bond acceptors (Lipinski definition) is 5. The number of carboxylic acids is 1. The number of nitrogens with one attached hydrogen (secondary N) is 1. The molecule has 0 saturated heterocycles. The SMILES string of the molecule is C[C@H](O)CNS(=O)(=O)c1ccc(OCCC(=O)O)cc1. The summed E-state index contributed by atoms with van der Waals surface area (Å²) in [5.74, 6) is -0.577. The summed E-state index contributed by atoms with van der Waals surface area (Å²) in [7, 11) is -3.67. The molecule has 0 radical (unpaired) electrons.